The lowest BCUT2D eigenvalue weighted by atomic mass is 10.2. The maximum absolute atomic E-state index is 12.0. The summed E-state index contributed by atoms with van der Waals surface area (Å²) in [5.74, 6) is -1.27. The Morgan fingerprint density at radius 1 is 1.32 bits per heavy atom. The van der Waals surface area contributed by atoms with E-state index in [1.54, 1.807) is 6.92 Å². The molecule has 102 valence electrons. The normalized spacial score (nSPS) is 20.8. The molecule has 0 aliphatic carbocycles. The second-order valence-electron chi connectivity index (χ2n) is 3.92. The van der Waals surface area contributed by atoms with Gasteiger partial charge < -0.3 is 9.47 Å². The van der Waals surface area contributed by atoms with Gasteiger partial charge in [0.25, 0.3) is 5.56 Å². The van der Waals surface area contributed by atoms with Gasteiger partial charge in [-0.3, -0.25) is 14.2 Å². The molecule has 0 amide bonds. The van der Waals surface area contributed by atoms with Crippen molar-refractivity contribution in [3.05, 3.63) is 22.1 Å². The maximum Gasteiger partial charge on any atom is 0.330 e. The molecule has 2 rings (SSSR count). The van der Waals surface area contributed by atoms with Crippen molar-refractivity contribution in [2.24, 2.45) is 0 Å². The second kappa shape index (κ2) is 5.04. The second-order valence-corrected chi connectivity index (χ2v) is 5.03. The largest absolute Gasteiger partial charge is 0.468 e. The number of esters is 2. The fourth-order valence-corrected chi connectivity index (χ4v) is 3.17. The number of hydrogen-bond donors (Lipinski definition) is 0. The van der Waals surface area contributed by atoms with Gasteiger partial charge in [-0.05, 0) is 6.92 Å². The lowest BCUT2D eigenvalue weighted by Crippen LogP contribution is -2.36. The van der Waals surface area contributed by atoms with E-state index < -0.39 is 28.8 Å². The van der Waals surface area contributed by atoms with Gasteiger partial charge in [0.05, 0.1) is 14.2 Å². The first-order chi connectivity index (χ1) is 8.99. The molecule has 0 spiro atoms. The Morgan fingerprint density at radius 2 is 1.95 bits per heavy atom. The molecule has 7 nitrogen and oxygen atoms in total. The number of thioether (sulfide) groups is 1. The van der Waals surface area contributed by atoms with Gasteiger partial charge in [0.15, 0.2) is 11.2 Å². The van der Waals surface area contributed by atoms with Crippen LogP contribution in [0.4, 0.5) is 0 Å². The number of aryl methyl sites for hydroxylation is 1. The number of fused-ring (bicyclic) bond motifs is 1. The monoisotopic (exact) mass is 284 g/mol. The first-order valence-electron chi connectivity index (χ1n) is 5.42. The molecular formula is C11H12N2O5S. The SMILES string of the molecule is COC(=O)[C@H]1Sc2nc(C)cc(=O)n2[C@@H]1C(=O)OC. The molecule has 0 aromatic carbocycles. The van der Waals surface area contributed by atoms with E-state index in [0.717, 1.165) is 11.8 Å². The first kappa shape index (κ1) is 13.6. The Balaban J connectivity index is 2.56. The molecule has 19 heavy (non-hydrogen) atoms. The van der Waals surface area contributed by atoms with Crippen molar-refractivity contribution >= 4 is 23.7 Å². The number of rotatable bonds is 2. The predicted molar refractivity (Wildman–Crippen MR) is 65.9 cm³/mol. The molecule has 2 atom stereocenters. The van der Waals surface area contributed by atoms with Crippen LogP contribution in [0.2, 0.25) is 0 Å². The maximum atomic E-state index is 12.0. The van der Waals surface area contributed by atoms with Crippen LogP contribution in [0.1, 0.15) is 11.7 Å². The van der Waals surface area contributed by atoms with Crippen LogP contribution in [-0.4, -0.2) is 41.0 Å². The van der Waals surface area contributed by atoms with Gasteiger partial charge in [-0.2, -0.15) is 0 Å². The molecule has 1 aromatic rings. The highest BCUT2D eigenvalue weighted by atomic mass is 32.2. The third-order valence-corrected chi connectivity index (χ3v) is 3.92. The predicted octanol–water partition coefficient (Wildman–Crippen LogP) is -0.0869. The van der Waals surface area contributed by atoms with Crippen LogP contribution in [0.5, 0.6) is 0 Å². The Kier molecular flexibility index (Phi) is 3.61. The zero-order chi connectivity index (χ0) is 14.2. The molecular weight excluding hydrogens is 272 g/mol. The van der Waals surface area contributed by atoms with Crippen LogP contribution in [0.3, 0.4) is 0 Å². The Labute approximate surface area is 112 Å². The summed E-state index contributed by atoms with van der Waals surface area (Å²) < 4.78 is 10.5. The van der Waals surface area contributed by atoms with Gasteiger partial charge in [-0.25, -0.2) is 9.78 Å². The van der Waals surface area contributed by atoms with Crippen LogP contribution in [0.25, 0.3) is 0 Å². The number of ether oxygens (including phenoxy) is 2. The highest BCUT2D eigenvalue weighted by Crippen LogP contribution is 2.38. The van der Waals surface area contributed by atoms with Gasteiger partial charge in [0.2, 0.25) is 0 Å². The quantitative estimate of drug-likeness (QED) is 0.554. The average molecular weight is 284 g/mol. The van der Waals surface area contributed by atoms with Crippen LogP contribution < -0.4 is 5.56 Å². The molecule has 1 aromatic heterocycles. The van der Waals surface area contributed by atoms with Gasteiger partial charge >= 0.3 is 11.9 Å². The lowest BCUT2D eigenvalue weighted by Gasteiger charge is -2.15. The van der Waals surface area contributed by atoms with Gasteiger partial charge in [-0.15, -0.1) is 0 Å². The van der Waals surface area contributed by atoms with Gasteiger partial charge in [0, 0.05) is 11.8 Å². The molecule has 8 heteroatoms. The van der Waals surface area contributed by atoms with E-state index in [0.29, 0.717) is 10.9 Å². The molecule has 0 unspecified atom stereocenters. The Morgan fingerprint density at radius 3 is 2.53 bits per heavy atom. The Hall–Kier alpha value is -1.83. The summed E-state index contributed by atoms with van der Waals surface area (Å²) in [5.41, 5.74) is 0.134. The van der Waals surface area contributed by atoms with Crippen LogP contribution >= 0.6 is 11.8 Å². The molecule has 0 bridgehead atoms. The van der Waals surface area contributed by atoms with Crippen molar-refractivity contribution in [1.29, 1.82) is 0 Å². The number of carbonyl (C=O) groups is 2. The smallest absolute Gasteiger partial charge is 0.330 e. The van der Waals surface area contributed by atoms with Crippen molar-refractivity contribution < 1.29 is 19.1 Å². The summed E-state index contributed by atoms with van der Waals surface area (Å²) in [7, 11) is 2.42. The number of carbonyl (C=O) groups excluding carboxylic acids is 2. The summed E-state index contributed by atoms with van der Waals surface area (Å²) in [5, 5.41) is -0.546. The molecule has 0 saturated heterocycles. The summed E-state index contributed by atoms with van der Waals surface area (Å²) in [4.78, 5) is 39.7. The number of methoxy groups -OCH3 is 2. The molecule has 0 radical (unpaired) electrons. The summed E-state index contributed by atoms with van der Waals surface area (Å²) in [6, 6.07) is 0.262. The molecule has 0 saturated carbocycles. The third-order valence-electron chi connectivity index (χ3n) is 2.72. The minimum absolute atomic E-state index is 0.316. The topological polar surface area (TPSA) is 87.5 Å². The molecule has 0 N–H and O–H groups in total. The minimum atomic E-state index is -1.04. The fraction of sp³-hybridized carbons (Fsp3) is 0.455. The van der Waals surface area contributed by atoms with E-state index in [1.807, 2.05) is 0 Å². The first-order valence-corrected chi connectivity index (χ1v) is 6.30. The van der Waals surface area contributed by atoms with Crippen molar-refractivity contribution in [2.45, 2.75) is 23.4 Å². The number of hydrogen-bond acceptors (Lipinski definition) is 7. The highest BCUT2D eigenvalue weighted by Gasteiger charge is 2.45. The van der Waals surface area contributed by atoms with Crippen molar-refractivity contribution in [3.63, 3.8) is 0 Å². The fourth-order valence-electron chi connectivity index (χ4n) is 1.88. The summed E-state index contributed by atoms with van der Waals surface area (Å²) in [6.45, 7) is 1.67. The molecule has 0 fully saturated rings. The standard InChI is InChI=1S/C11H12N2O5S/c1-5-4-6(14)13-7(9(15)17-2)8(10(16)18-3)19-11(13)12-5/h4,7-8H,1-3H3/t7-,8-/m0/s1. The average Bonchev–Trinajstić information content (AvgIpc) is 2.76. The van der Waals surface area contributed by atoms with E-state index in [4.69, 9.17) is 0 Å². The van der Waals surface area contributed by atoms with Gasteiger partial charge in [0.1, 0.15) is 5.25 Å². The van der Waals surface area contributed by atoms with Crippen molar-refractivity contribution in [3.8, 4) is 0 Å². The van der Waals surface area contributed by atoms with Crippen LogP contribution in [0, 0.1) is 6.92 Å². The Bertz CT molecular complexity index is 597. The van der Waals surface area contributed by atoms with Crippen LogP contribution in [0.15, 0.2) is 16.0 Å². The van der Waals surface area contributed by atoms with E-state index in [1.165, 1.54) is 24.9 Å². The lowest BCUT2D eigenvalue weighted by molar-refractivity contribution is -0.150. The zero-order valence-corrected chi connectivity index (χ0v) is 11.4. The van der Waals surface area contributed by atoms with Crippen molar-refractivity contribution in [2.75, 3.05) is 14.2 Å². The summed E-state index contributed by atoms with van der Waals surface area (Å²) in [6.07, 6.45) is 0. The highest BCUT2D eigenvalue weighted by molar-refractivity contribution is 8.00. The minimum Gasteiger partial charge on any atom is -0.468 e. The summed E-state index contributed by atoms with van der Waals surface area (Å²) >= 11 is 1.03. The zero-order valence-electron chi connectivity index (χ0n) is 10.6. The van der Waals surface area contributed by atoms with E-state index >= 15 is 0 Å². The van der Waals surface area contributed by atoms with E-state index in [-0.39, 0.29) is 0 Å². The van der Waals surface area contributed by atoms with Gasteiger partial charge in [-0.1, -0.05) is 11.8 Å². The third kappa shape index (κ3) is 2.23. The van der Waals surface area contributed by atoms with Crippen LogP contribution in [-0.2, 0) is 19.1 Å². The van der Waals surface area contributed by atoms with E-state index in [9.17, 15) is 14.4 Å². The molecule has 1 aliphatic heterocycles. The molecule has 2 heterocycles. The number of aromatic nitrogens is 2. The molecule has 1 aliphatic rings. The van der Waals surface area contributed by atoms with Crippen molar-refractivity contribution in [1.82, 2.24) is 9.55 Å². The number of nitrogens with zero attached hydrogens (tertiary/aromatic N) is 2. The van der Waals surface area contributed by atoms with E-state index in [2.05, 4.69) is 14.5 Å².